The number of aromatic nitrogens is 2. The van der Waals surface area contributed by atoms with Crippen molar-refractivity contribution in [2.75, 3.05) is 11.9 Å². The molecule has 0 spiro atoms. The lowest BCUT2D eigenvalue weighted by molar-refractivity contribution is 0.102. The highest BCUT2D eigenvalue weighted by atomic mass is 16.2. The summed E-state index contributed by atoms with van der Waals surface area (Å²) in [7, 11) is 0. The Labute approximate surface area is 114 Å². The molecule has 1 amide bonds. The van der Waals surface area contributed by atoms with E-state index in [0.717, 1.165) is 0 Å². The highest BCUT2D eigenvalue weighted by Gasteiger charge is 2.07. The molecule has 1 aromatic carbocycles. The number of carbonyl (C=O) groups excluding carboxylic acids is 1. The van der Waals surface area contributed by atoms with Crippen molar-refractivity contribution >= 4 is 11.7 Å². The van der Waals surface area contributed by atoms with Crippen molar-refractivity contribution < 1.29 is 9.90 Å². The molecule has 100 valence electrons. The molecule has 1 aromatic heterocycles. The van der Waals surface area contributed by atoms with E-state index in [9.17, 15) is 9.59 Å². The fourth-order valence-electron chi connectivity index (χ4n) is 1.48. The third-order valence-electron chi connectivity index (χ3n) is 2.36. The van der Waals surface area contributed by atoms with E-state index >= 15 is 0 Å². The quantitative estimate of drug-likeness (QED) is 0.686. The molecule has 20 heavy (non-hydrogen) atoms. The first-order chi connectivity index (χ1) is 9.69. The predicted octanol–water partition coefficient (Wildman–Crippen LogP) is 0.366. The van der Waals surface area contributed by atoms with E-state index in [0.29, 0.717) is 11.1 Å². The highest BCUT2D eigenvalue weighted by Crippen LogP contribution is 2.07. The second-order valence-corrected chi connectivity index (χ2v) is 3.80. The number of anilines is 1. The van der Waals surface area contributed by atoms with E-state index in [1.54, 1.807) is 24.3 Å². The van der Waals surface area contributed by atoms with Crippen LogP contribution >= 0.6 is 0 Å². The van der Waals surface area contributed by atoms with Gasteiger partial charge in [0.25, 0.3) is 11.5 Å². The molecular weight excluding hydrogens is 258 g/mol. The van der Waals surface area contributed by atoms with E-state index in [1.165, 1.54) is 12.1 Å². The zero-order valence-electron chi connectivity index (χ0n) is 10.4. The lowest BCUT2D eigenvalue weighted by Crippen LogP contribution is -2.15. The minimum absolute atomic E-state index is 0.238. The maximum atomic E-state index is 12.0. The molecule has 1 heterocycles. The van der Waals surface area contributed by atoms with Crippen LogP contribution in [0.3, 0.4) is 0 Å². The van der Waals surface area contributed by atoms with Crippen molar-refractivity contribution in [1.29, 1.82) is 0 Å². The first-order valence-corrected chi connectivity index (χ1v) is 5.76. The van der Waals surface area contributed by atoms with Gasteiger partial charge in [-0.2, -0.15) is 5.10 Å². The molecule has 0 saturated heterocycles. The Hall–Kier alpha value is -2.91. The van der Waals surface area contributed by atoms with Gasteiger partial charge in [0, 0.05) is 17.2 Å². The van der Waals surface area contributed by atoms with Crippen LogP contribution in [0.4, 0.5) is 5.82 Å². The summed E-state index contributed by atoms with van der Waals surface area (Å²) in [5, 5.41) is 17.1. The first-order valence-electron chi connectivity index (χ1n) is 5.76. The number of aliphatic hydroxyl groups excluding tert-OH is 1. The number of hydrogen-bond donors (Lipinski definition) is 3. The van der Waals surface area contributed by atoms with Gasteiger partial charge in [0.1, 0.15) is 6.61 Å². The standard InChI is InChI=1S/C14H11N3O3/c18-8-2-4-10-3-1-5-11(9-10)14(20)15-12-6-7-13(19)17-16-12/h1,3,5-7,9,18H,8H2,(H,17,19)(H,15,16,20). The molecule has 0 aliphatic rings. The average Bonchev–Trinajstić information content (AvgIpc) is 2.48. The molecule has 0 aliphatic carbocycles. The molecule has 0 fully saturated rings. The topological polar surface area (TPSA) is 95.1 Å². The van der Waals surface area contributed by atoms with E-state index in [1.807, 2.05) is 0 Å². The molecule has 0 aliphatic heterocycles. The van der Waals surface area contributed by atoms with Gasteiger partial charge in [-0.15, -0.1) is 0 Å². The van der Waals surface area contributed by atoms with Gasteiger partial charge in [-0.05, 0) is 24.3 Å². The van der Waals surface area contributed by atoms with Gasteiger partial charge >= 0.3 is 0 Å². The average molecular weight is 269 g/mol. The number of hydrogen-bond acceptors (Lipinski definition) is 4. The van der Waals surface area contributed by atoms with Gasteiger partial charge < -0.3 is 10.4 Å². The SMILES string of the molecule is O=C(Nc1ccc(=O)[nH]n1)c1cccc(C#CCO)c1. The lowest BCUT2D eigenvalue weighted by Gasteiger charge is -2.03. The number of benzene rings is 1. The Kier molecular flexibility index (Phi) is 4.27. The highest BCUT2D eigenvalue weighted by molar-refractivity contribution is 6.03. The summed E-state index contributed by atoms with van der Waals surface area (Å²) in [5.74, 6) is 5.11. The molecule has 0 unspecified atom stereocenters. The summed E-state index contributed by atoms with van der Waals surface area (Å²) in [5.41, 5.74) is 0.688. The van der Waals surface area contributed by atoms with Crippen LogP contribution in [0.2, 0.25) is 0 Å². The van der Waals surface area contributed by atoms with Gasteiger partial charge in [0.05, 0.1) is 0 Å². The van der Waals surface area contributed by atoms with Crippen molar-refractivity contribution in [2.24, 2.45) is 0 Å². The zero-order chi connectivity index (χ0) is 14.4. The molecule has 2 rings (SSSR count). The largest absolute Gasteiger partial charge is 0.384 e. The molecule has 0 bridgehead atoms. The molecular formula is C14H11N3O3. The number of aliphatic hydroxyl groups is 1. The van der Waals surface area contributed by atoms with Crippen molar-refractivity contribution in [1.82, 2.24) is 10.2 Å². The smallest absolute Gasteiger partial charge is 0.264 e. The van der Waals surface area contributed by atoms with Crippen LogP contribution in [-0.4, -0.2) is 27.8 Å². The molecule has 2 aromatic rings. The van der Waals surface area contributed by atoms with E-state index in [4.69, 9.17) is 5.11 Å². The number of nitrogens with one attached hydrogen (secondary N) is 2. The fraction of sp³-hybridized carbons (Fsp3) is 0.0714. The second-order valence-electron chi connectivity index (χ2n) is 3.80. The summed E-state index contributed by atoms with van der Waals surface area (Å²) in [6.45, 7) is -0.238. The third kappa shape index (κ3) is 3.54. The lowest BCUT2D eigenvalue weighted by atomic mass is 10.1. The number of amides is 1. The molecule has 6 heteroatoms. The van der Waals surface area contributed by atoms with Crippen LogP contribution in [0.5, 0.6) is 0 Å². The monoisotopic (exact) mass is 269 g/mol. The van der Waals surface area contributed by atoms with Crippen LogP contribution in [0.1, 0.15) is 15.9 Å². The number of carbonyl (C=O) groups is 1. The second kappa shape index (κ2) is 6.31. The number of rotatable bonds is 2. The minimum atomic E-state index is -0.364. The van der Waals surface area contributed by atoms with Crippen molar-refractivity contribution in [2.45, 2.75) is 0 Å². The predicted molar refractivity (Wildman–Crippen MR) is 73.2 cm³/mol. The third-order valence-corrected chi connectivity index (χ3v) is 2.36. The summed E-state index contributed by atoms with van der Waals surface area (Å²) < 4.78 is 0. The number of H-pyrrole nitrogens is 1. The van der Waals surface area contributed by atoms with Gasteiger partial charge in [-0.25, -0.2) is 5.10 Å². The Balaban J connectivity index is 2.16. The van der Waals surface area contributed by atoms with Crippen LogP contribution in [0.25, 0.3) is 0 Å². The van der Waals surface area contributed by atoms with E-state index in [-0.39, 0.29) is 23.9 Å². The Morgan fingerprint density at radius 1 is 1.35 bits per heavy atom. The first kappa shape index (κ1) is 13.5. The van der Waals surface area contributed by atoms with Crippen molar-refractivity contribution in [3.05, 3.63) is 57.9 Å². The summed E-state index contributed by atoms with van der Waals surface area (Å²) in [6, 6.07) is 9.33. The number of nitrogens with zero attached hydrogens (tertiary/aromatic N) is 1. The Bertz CT molecular complexity index is 721. The Morgan fingerprint density at radius 2 is 2.20 bits per heavy atom. The Morgan fingerprint density at radius 3 is 2.90 bits per heavy atom. The normalized spacial score (nSPS) is 9.45. The maximum absolute atomic E-state index is 12.0. The molecule has 3 N–H and O–H groups in total. The fourth-order valence-corrected chi connectivity index (χ4v) is 1.48. The molecule has 0 radical (unpaired) electrons. The van der Waals surface area contributed by atoms with E-state index < -0.39 is 0 Å². The summed E-state index contributed by atoms with van der Waals surface area (Å²) >= 11 is 0. The molecule has 0 atom stereocenters. The van der Waals surface area contributed by atoms with Gasteiger partial charge in [-0.1, -0.05) is 17.9 Å². The number of aromatic amines is 1. The maximum Gasteiger partial charge on any atom is 0.264 e. The van der Waals surface area contributed by atoms with Crippen molar-refractivity contribution in [3.63, 3.8) is 0 Å². The van der Waals surface area contributed by atoms with Crippen LogP contribution in [0, 0.1) is 11.8 Å². The summed E-state index contributed by atoms with van der Waals surface area (Å²) in [6.07, 6.45) is 0. The van der Waals surface area contributed by atoms with Gasteiger partial charge in [0.2, 0.25) is 0 Å². The molecule has 6 nitrogen and oxygen atoms in total. The van der Waals surface area contributed by atoms with E-state index in [2.05, 4.69) is 27.4 Å². The molecule has 0 saturated carbocycles. The van der Waals surface area contributed by atoms with Gasteiger partial charge in [-0.3, -0.25) is 9.59 Å². The van der Waals surface area contributed by atoms with Gasteiger partial charge in [0.15, 0.2) is 5.82 Å². The summed E-state index contributed by atoms with van der Waals surface area (Å²) in [4.78, 5) is 22.8. The zero-order valence-corrected chi connectivity index (χ0v) is 10.4. The van der Waals surface area contributed by atoms with Crippen LogP contribution < -0.4 is 10.9 Å². The van der Waals surface area contributed by atoms with Crippen LogP contribution in [0.15, 0.2) is 41.2 Å². The minimum Gasteiger partial charge on any atom is -0.384 e. The van der Waals surface area contributed by atoms with Crippen LogP contribution in [-0.2, 0) is 0 Å². The van der Waals surface area contributed by atoms with Crippen molar-refractivity contribution in [3.8, 4) is 11.8 Å².